The predicted molar refractivity (Wildman–Crippen MR) is 153 cm³/mol. The zero-order valence-electron chi connectivity index (χ0n) is 22.4. The zero-order chi connectivity index (χ0) is 28.1. The van der Waals surface area contributed by atoms with Gasteiger partial charge in [0.15, 0.2) is 0 Å². The van der Waals surface area contributed by atoms with Gasteiger partial charge in [-0.25, -0.2) is 14.4 Å². The molecule has 0 aliphatic heterocycles. The Labute approximate surface area is 236 Å². The molecule has 5 rings (SSSR count). The van der Waals surface area contributed by atoms with Gasteiger partial charge in [0.05, 0.1) is 11.2 Å². The SMILES string of the molecule is CCc1ccc(-c2cccc(Oc3ncc(F)cc3C(=O)NC3CCC(NC(=O)c4csc(C)n4)CC3)c2)cc1. The summed E-state index contributed by atoms with van der Waals surface area (Å²) in [5.74, 6) is -0.704. The number of carbonyl (C=O) groups is 2. The second kappa shape index (κ2) is 12.4. The fourth-order valence-electron chi connectivity index (χ4n) is 4.83. The van der Waals surface area contributed by atoms with Crippen LogP contribution in [0.3, 0.4) is 0 Å². The summed E-state index contributed by atoms with van der Waals surface area (Å²) in [6, 6.07) is 16.9. The number of aromatic nitrogens is 2. The summed E-state index contributed by atoms with van der Waals surface area (Å²) < 4.78 is 20.1. The van der Waals surface area contributed by atoms with Gasteiger partial charge < -0.3 is 15.4 Å². The molecule has 7 nitrogen and oxygen atoms in total. The Morgan fingerprint density at radius 1 is 0.975 bits per heavy atom. The van der Waals surface area contributed by atoms with Crippen LogP contribution in [0.2, 0.25) is 0 Å². The Hall–Kier alpha value is -4.11. The molecule has 1 fully saturated rings. The van der Waals surface area contributed by atoms with E-state index in [1.54, 1.807) is 11.4 Å². The number of hydrogen-bond acceptors (Lipinski definition) is 6. The first-order chi connectivity index (χ1) is 19.4. The Kier molecular flexibility index (Phi) is 8.50. The number of carbonyl (C=O) groups excluding carboxylic acids is 2. The summed E-state index contributed by atoms with van der Waals surface area (Å²) in [6.07, 6.45) is 4.81. The molecule has 2 aromatic heterocycles. The van der Waals surface area contributed by atoms with Crippen molar-refractivity contribution < 1.29 is 18.7 Å². The maximum absolute atomic E-state index is 14.1. The van der Waals surface area contributed by atoms with Crippen LogP contribution in [0, 0.1) is 12.7 Å². The molecule has 2 aromatic carbocycles. The molecule has 2 heterocycles. The molecule has 0 saturated heterocycles. The minimum absolute atomic E-state index is 0.0165. The first-order valence-electron chi connectivity index (χ1n) is 13.4. The molecular weight excluding hydrogens is 527 g/mol. The predicted octanol–water partition coefficient (Wildman–Crippen LogP) is 6.48. The summed E-state index contributed by atoms with van der Waals surface area (Å²) in [6.45, 7) is 3.98. The van der Waals surface area contributed by atoms with Gasteiger partial charge in [0.25, 0.3) is 11.8 Å². The third-order valence-corrected chi connectivity index (χ3v) is 7.83. The monoisotopic (exact) mass is 558 g/mol. The molecule has 40 heavy (non-hydrogen) atoms. The van der Waals surface area contributed by atoms with Crippen LogP contribution in [0.15, 0.2) is 66.2 Å². The van der Waals surface area contributed by atoms with Crippen molar-refractivity contribution in [3.8, 4) is 22.8 Å². The summed E-state index contributed by atoms with van der Waals surface area (Å²) in [5.41, 5.74) is 3.73. The topological polar surface area (TPSA) is 93.2 Å². The first kappa shape index (κ1) is 27.5. The maximum Gasteiger partial charge on any atom is 0.270 e. The van der Waals surface area contributed by atoms with Crippen LogP contribution in [0.1, 0.15) is 64.0 Å². The fourth-order valence-corrected chi connectivity index (χ4v) is 5.42. The lowest BCUT2D eigenvalue weighted by Crippen LogP contribution is -2.44. The highest BCUT2D eigenvalue weighted by Gasteiger charge is 2.26. The molecule has 0 spiro atoms. The third kappa shape index (κ3) is 6.71. The smallest absolute Gasteiger partial charge is 0.270 e. The van der Waals surface area contributed by atoms with E-state index in [1.165, 1.54) is 16.9 Å². The molecule has 4 aromatic rings. The quantitative estimate of drug-likeness (QED) is 0.258. The van der Waals surface area contributed by atoms with Crippen LogP contribution in [-0.4, -0.2) is 33.9 Å². The number of benzene rings is 2. The van der Waals surface area contributed by atoms with Crippen molar-refractivity contribution in [1.82, 2.24) is 20.6 Å². The molecule has 9 heteroatoms. The number of nitrogens with zero attached hydrogens (tertiary/aromatic N) is 2. The number of halogens is 1. The van der Waals surface area contributed by atoms with Gasteiger partial charge in [-0.2, -0.15) is 0 Å². The van der Waals surface area contributed by atoms with Crippen LogP contribution >= 0.6 is 11.3 Å². The van der Waals surface area contributed by atoms with E-state index >= 15 is 0 Å². The second-order valence-corrected chi connectivity index (χ2v) is 11.0. The lowest BCUT2D eigenvalue weighted by atomic mass is 9.91. The molecule has 206 valence electrons. The number of hydrogen-bond donors (Lipinski definition) is 2. The largest absolute Gasteiger partial charge is 0.438 e. The fraction of sp³-hybridized carbons (Fsp3) is 0.290. The van der Waals surface area contributed by atoms with Gasteiger partial charge in [-0.3, -0.25) is 9.59 Å². The van der Waals surface area contributed by atoms with Gasteiger partial charge in [0, 0.05) is 17.5 Å². The van der Waals surface area contributed by atoms with E-state index in [-0.39, 0.29) is 29.4 Å². The van der Waals surface area contributed by atoms with Crippen LogP contribution in [-0.2, 0) is 6.42 Å². The summed E-state index contributed by atoms with van der Waals surface area (Å²) in [5, 5.41) is 8.63. The lowest BCUT2D eigenvalue weighted by Gasteiger charge is -2.29. The van der Waals surface area contributed by atoms with Crippen LogP contribution < -0.4 is 15.4 Å². The maximum atomic E-state index is 14.1. The number of rotatable bonds is 8. The molecule has 1 aliphatic carbocycles. The van der Waals surface area contributed by atoms with Crippen molar-refractivity contribution >= 4 is 23.2 Å². The number of nitrogens with one attached hydrogen (secondary N) is 2. The van der Waals surface area contributed by atoms with Crippen molar-refractivity contribution in [2.75, 3.05) is 0 Å². The zero-order valence-corrected chi connectivity index (χ0v) is 23.3. The van der Waals surface area contributed by atoms with Crippen LogP contribution in [0.4, 0.5) is 4.39 Å². The minimum atomic E-state index is -0.619. The van der Waals surface area contributed by atoms with E-state index in [0.29, 0.717) is 24.3 Å². The standard InChI is InChI=1S/C31H31FN4O3S/c1-3-20-7-9-21(10-8-20)22-5-4-6-26(15-22)39-31-27(16-23(32)17-33-31)29(37)35-24-11-13-25(14-12-24)36-30(38)28-18-40-19(2)34-28/h4-10,15-18,24-25H,3,11-14H2,1-2H3,(H,35,37)(H,36,38). The summed E-state index contributed by atoms with van der Waals surface area (Å²) in [7, 11) is 0. The van der Waals surface area contributed by atoms with Crippen molar-refractivity contribution in [3.05, 3.63) is 93.8 Å². The Morgan fingerprint density at radius 2 is 1.68 bits per heavy atom. The highest BCUT2D eigenvalue weighted by Crippen LogP contribution is 2.29. The molecule has 1 aliphatic rings. The van der Waals surface area contributed by atoms with E-state index in [0.717, 1.165) is 47.7 Å². The minimum Gasteiger partial charge on any atom is -0.438 e. The first-order valence-corrected chi connectivity index (χ1v) is 14.3. The molecular formula is C31H31FN4O3S. The molecule has 0 atom stereocenters. The van der Waals surface area contributed by atoms with Crippen LogP contribution in [0.25, 0.3) is 11.1 Å². The van der Waals surface area contributed by atoms with Gasteiger partial charge in [0.1, 0.15) is 22.8 Å². The van der Waals surface area contributed by atoms with Crippen molar-refractivity contribution in [2.45, 2.75) is 58.0 Å². The van der Waals surface area contributed by atoms with Crippen molar-refractivity contribution in [3.63, 3.8) is 0 Å². The molecule has 0 unspecified atom stereocenters. The van der Waals surface area contributed by atoms with Gasteiger partial charge in [0.2, 0.25) is 5.88 Å². The Balaban J connectivity index is 1.22. The third-order valence-electron chi connectivity index (χ3n) is 7.06. The average molecular weight is 559 g/mol. The van der Waals surface area contributed by atoms with Gasteiger partial charge >= 0.3 is 0 Å². The normalized spacial score (nSPS) is 16.8. The molecule has 0 radical (unpaired) electrons. The molecule has 1 saturated carbocycles. The number of ether oxygens (including phenoxy) is 1. The van der Waals surface area contributed by atoms with E-state index in [4.69, 9.17) is 4.74 Å². The number of pyridine rings is 1. The second-order valence-electron chi connectivity index (χ2n) is 9.93. The molecule has 0 bridgehead atoms. The van der Waals surface area contributed by atoms with E-state index < -0.39 is 11.7 Å². The highest BCUT2D eigenvalue weighted by molar-refractivity contribution is 7.09. The molecule has 2 amide bonds. The van der Waals surface area contributed by atoms with E-state index in [1.807, 2.05) is 25.1 Å². The van der Waals surface area contributed by atoms with Crippen LogP contribution in [0.5, 0.6) is 11.6 Å². The summed E-state index contributed by atoms with van der Waals surface area (Å²) in [4.78, 5) is 33.9. The Morgan fingerprint density at radius 3 is 2.33 bits per heavy atom. The number of amides is 2. The van der Waals surface area contributed by atoms with Crippen molar-refractivity contribution in [1.29, 1.82) is 0 Å². The average Bonchev–Trinajstić information content (AvgIpc) is 3.41. The summed E-state index contributed by atoms with van der Waals surface area (Å²) >= 11 is 1.44. The number of aryl methyl sites for hydroxylation is 2. The van der Waals surface area contributed by atoms with Gasteiger partial charge in [-0.15, -0.1) is 11.3 Å². The Bertz CT molecular complexity index is 1500. The van der Waals surface area contributed by atoms with Crippen molar-refractivity contribution in [2.24, 2.45) is 0 Å². The number of thiazole rings is 1. The highest BCUT2D eigenvalue weighted by atomic mass is 32.1. The van der Waals surface area contributed by atoms with E-state index in [2.05, 4.69) is 51.8 Å². The van der Waals surface area contributed by atoms with Gasteiger partial charge in [-0.05, 0) is 73.9 Å². The van der Waals surface area contributed by atoms with E-state index in [9.17, 15) is 14.0 Å². The lowest BCUT2D eigenvalue weighted by molar-refractivity contribution is 0.0888. The molecule has 2 N–H and O–H groups in total. The van der Waals surface area contributed by atoms with Gasteiger partial charge in [-0.1, -0.05) is 43.3 Å².